The van der Waals surface area contributed by atoms with Crippen LogP contribution in [0.3, 0.4) is 0 Å². The molecule has 8 heteroatoms. The zero-order valence-electron chi connectivity index (χ0n) is 14.1. The molecule has 134 valence electrons. The summed E-state index contributed by atoms with van der Waals surface area (Å²) >= 11 is 0. The molecule has 0 aliphatic rings. The summed E-state index contributed by atoms with van der Waals surface area (Å²) < 4.78 is 39.0. The molecule has 0 unspecified atom stereocenters. The Morgan fingerprint density at radius 3 is 2.25 bits per heavy atom. The van der Waals surface area contributed by atoms with Crippen molar-refractivity contribution in [3.05, 3.63) is 35.4 Å². The minimum atomic E-state index is -4.49. The lowest BCUT2D eigenvalue weighted by Gasteiger charge is -2.25. The molecule has 0 spiro atoms. The Morgan fingerprint density at radius 2 is 1.75 bits per heavy atom. The van der Waals surface area contributed by atoms with Crippen LogP contribution in [-0.2, 0) is 17.5 Å². The molecule has 0 radical (unpaired) electrons. The number of amides is 3. The molecule has 1 aromatic carbocycles. The predicted octanol–water partition coefficient (Wildman–Crippen LogP) is 2.71. The summed E-state index contributed by atoms with van der Waals surface area (Å²) in [6, 6.07) is 3.78. The number of likely N-dealkylation sites (N-methyl/N-ethyl adjacent to an activating group) is 1. The second kappa shape index (κ2) is 8.03. The largest absolute Gasteiger partial charge is 0.416 e. The first-order chi connectivity index (χ1) is 11.1. The van der Waals surface area contributed by atoms with E-state index in [9.17, 15) is 22.8 Å². The molecule has 1 atom stereocenters. The van der Waals surface area contributed by atoms with Crippen LogP contribution < -0.4 is 5.32 Å². The normalized spacial score (nSPS) is 12.5. The molecular formula is C16H22F3N3O2. The Morgan fingerprint density at radius 1 is 1.17 bits per heavy atom. The van der Waals surface area contributed by atoms with Gasteiger partial charge in [-0.2, -0.15) is 13.2 Å². The second-order valence-corrected chi connectivity index (χ2v) is 5.65. The zero-order chi connectivity index (χ0) is 18.5. The molecular weight excluding hydrogens is 323 g/mol. The van der Waals surface area contributed by atoms with Gasteiger partial charge in [0.05, 0.1) is 5.56 Å². The number of urea groups is 1. The Hall–Kier alpha value is -2.25. The van der Waals surface area contributed by atoms with Gasteiger partial charge in [0.15, 0.2) is 0 Å². The lowest BCUT2D eigenvalue weighted by Crippen LogP contribution is -2.49. The topological polar surface area (TPSA) is 52.7 Å². The van der Waals surface area contributed by atoms with Crippen LogP contribution in [0.15, 0.2) is 24.3 Å². The molecule has 0 saturated carbocycles. The molecule has 3 amide bonds. The van der Waals surface area contributed by atoms with E-state index in [0.717, 1.165) is 11.0 Å². The molecule has 0 aromatic heterocycles. The number of hydrogen-bond acceptors (Lipinski definition) is 2. The molecule has 0 bridgehead atoms. The summed E-state index contributed by atoms with van der Waals surface area (Å²) in [6.45, 7) is 1.53. The van der Waals surface area contributed by atoms with E-state index in [1.807, 2.05) is 0 Å². The lowest BCUT2D eigenvalue weighted by atomic mass is 10.1. The quantitative estimate of drug-likeness (QED) is 0.892. The molecule has 0 aliphatic carbocycles. The van der Waals surface area contributed by atoms with Gasteiger partial charge in [-0.1, -0.05) is 25.1 Å². The number of alkyl halides is 3. The molecule has 24 heavy (non-hydrogen) atoms. The Kier molecular flexibility index (Phi) is 6.62. The van der Waals surface area contributed by atoms with Crippen LogP contribution in [0.1, 0.15) is 24.5 Å². The first kappa shape index (κ1) is 19.8. The summed E-state index contributed by atoms with van der Waals surface area (Å²) in [7, 11) is 4.52. The summed E-state index contributed by atoms with van der Waals surface area (Å²) in [5, 5.41) is 2.54. The molecule has 0 aliphatic heterocycles. The molecule has 0 heterocycles. The van der Waals surface area contributed by atoms with Crippen molar-refractivity contribution in [3.8, 4) is 0 Å². The highest BCUT2D eigenvalue weighted by atomic mass is 19.4. The van der Waals surface area contributed by atoms with Crippen molar-refractivity contribution in [1.29, 1.82) is 0 Å². The number of carbonyl (C=O) groups is 2. The van der Waals surface area contributed by atoms with Crippen LogP contribution >= 0.6 is 0 Å². The van der Waals surface area contributed by atoms with E-state index in [2.05, 4.69) is 5.32 Å². The van der Waals surface area contributed by atoms with E-state index in [-0.39, 0.29) is 18.0 Å². The van der Waals surface area contributed by atoms with Crippen LogP contribution in [0.4, 0.5) is 18.0 Å². The van der Waals surface area contributed by atoms with Crippen molar-refractivity contribution in [2.75, 3.05) is 21.1 Å². The molecule has 1 rings (SSSR count). The summed E-state index contributed by atoms with van der Waals surface area (Å²) in [5.74, 6) is -0.269. The van der Waals surface area contributed by atoms with Gasteiger partial charge in [-0.25, -0.2) is 4.79 Å². The highest BCUT2D eigenvalue weighted by molar-refractivity contribution is 5.86. The number of carbonyl (C=O) groups excluding carboxylic acids is 2. The Balaban J connectivity index is 2.83. The summed E-state index contributed by atoms with van der Waals surface area (Å²) in [5.41, 5.74) is -0.782. The molecule has 0 saturated heterocycles. The Labute approximate surface area is 139 Å². The van der Waals surface area contributed by atoms with Crippen molar-refractivity contribution >= 4 is 11.9 Å². The lowest BCUT2D eigenvalue weighted by molar-refractivity contribution is -0.138. The molecule has 1 aromatic rings. The number of benzene rings is 1. The number of hydrogen-bond donors (Lipinski definition) is 1. The van der Waals surface area contributed by atoms with Crippen molar-refractivity contribution in [3.63, 3.8) is 0 Å². The van der Waals surface area contributed by atoms with E-state index in [1.165, 1.54) is 30.1 Å². The van der Waals surface area contributed by atoms with Crippen LogP contribution in [0, 0.1) is 0 Å². The molecule has 5 nitrogen and oxygen atoms in total. The van der Waals surface area contributed by atoms with Gasteiger partial charge in [-0.05, 0) is 18.1 Å². The smallest absolute Gasteiger partial charge is 0.347 e. The number of halogens is 3. The third-order valence-electron chi connectivity index (χ3n) is 3.52. The highest BCUT2D eigenvalue weighted by Crippen LogP contribution is 2.32. The van der Waals surface area contributed by atoms with Gasteiger partial charge >= 0.3 is 12.2 Å². The monoisotopic (exact) mass is 345 g/mol. The average molecular weight is 345 g/mol. The third-order valence-corrected chi connectivity index (χ3v) is 3.52. The molecule has 1 N–H and O–H groups in total. The summed E-state index contributed by atoms with van der Waals surface area (Å²) in [6.07, 6.45) is -4.10. The maximum Gasteiger partial charge on any atom is 0.416 e. The van der Waals surface area contributed by atoms with E-state index in [4.69, 9.17) is 0 Å². The minimum absolute atomic E-state index is 0.00497. The fourth-order valence-electron chi connectivity index (χ4n) is 2.17. The van der Waals surface area contributed by atoms with Crippen LogP contribution in [0.25, 0.3) is 0 Å². The second-order valence-electron chi connectivity index (χ2n) is 5.65. The highest BCUT2D eigenvalue weighted by Gasteiger charge is 2.33. The standard InChI is InChI=1S/C16H22F3N3O2/c1-5-13(14(23)21(2)3)20-15(24)22(4)10-11-8-6-7-9-12(11)16(17,18)19/h6-9,13H,5,10H2,1-4H3,(H,20,24)/t13-/m1/s1. The van der Waals surface area contributed by atoms with Crippen LogP contribution in [-0.4, -0.2) is 48.9 Å². The number of nitrogens with one attached hydrogen (secondary N) is 1. The van der Waals surface area contributed by atoms with Crippen LogP contribution in [0.2, 0.25) is 0 Å². The Bertz CT molecular complexity index is 588. The fourth-order valence-corrected chi connectivity index (χ4v) is 2.17. The van der Waals surface area contributed by atoms with Gasteiger partial charge in [0.1, 0.15) is 6.04 Å². The number of nitrogens with zero attached hydrogens (tertiary/aromatic N) is 2. The maximum absolute atomic E-state index is 13.0. The van der Waals surface area contributed by atoms with Gasteiger partial charge in [0, 0.05) is 27.7 Å². The van der Waals surface area contributed by atoms with Gasteiger partial charge < -0.3 is 15.1 Å². The molecule has 0 fully saturated rings. The zero-order valence-corrected chi connectivity index (χ0v) is 14.1. The van der Waals surface area contributed by atoms with Crippen molar-refractivity contribution in [2.45, 2.75) is 32.1 Å². The van der Waals surface area contributed by atoms with Crippen LogP contribution in [0.5, 0.6) is 0 Å². The maximum atomic E-state index is 13.0. The van der Waals surface area contributed by atoms with Gasteiger partial charge in [-0.15, -0.1) is 0 Å². The summed E-state index contributed by atoms with van der Waals surface area (Å²) in [4.78, 5) is 26.6. The van der Waals surface area contributed by atoms with E-state index >= 15 is 0 Å². The van der Waals surface area contributed by atoms with Gasteiger partial charge in [0.25, 0.3) is 0 Å². The first-order valence-electron chi connectivity index (χ1n) is 7.45. The first-order valence-corrected chi connectivity index (χ1v) is 7.45. The number of rotatable bonds is 5. The predicted molar refractivity (Wildman–Crippen MR) is 84.2 cm³/mol. The average Bonchev–Trinajstić information content (AvgIpc) is 2.50. The van der Waals surface area contributed by atoms with Gasteiger partial charge in [-0.3, -0.25) is 4.79 Å². The van der Waals surface area contributed by atoms with Crippen molar-refractivity contribution in [1.82, 2.24) is 15.1 Å². The van der Waals surface area contributed by atoms with Crippen molar-refractivity contribution in [2.24, 2.45) is 0 Å². The van der Waals surface area contributed by atoms with Gasteiger partial charge in [0.2, 0.25) is 5.91 Å². The van der Waals surface area contributed by atoms with Crippen molar-refractivity contribution < 1.29 is 22.8 Å². The SMILES string of the molecule is CC[C@@H](NC(=O)N(C)Cc1ccccc1C(F)(F)F)C(=O)N(C)C. The van der Waals surface area contributed by atoms with E-state index < -0.39 is 23.8 Å². The van der Waals surface area contributed by atoms with E-state index in [1.54, 1.807) is 21.0 Å². The third kappa shape index (κ3) is 5.14. The fraction of sp³-hybridized carbons (Fsp3) is 0.500. The van der Waals surface area contributed by atoms with E-state index in [0.29, 0.717) is 6.42 Å². The minimum Gasteiger partial charge on any atom is -0.347 e.